The van der Waals surface area contributed by atoms with Gasteiger partial charge in [-0.3, -0.25) is 16.0 Å². The van der Waals surface area contributed by atoms with Crippen LogP contribution in [0, 0.1) is 0 Å². The van der Waals surface area contributed by atoms with Gasteiger partial charge in [0.1, 0.15) is 6.29 Å². The first-order valence-electron chi connectivity index (χ1n) is 7.61. The van der Waals surface area contributed by atoms with Crippen LogP contribution in [-0.2, 0) is 4.74 Å². The lowest BCUT2D eigenvalue weighted by Crippen LogP contribution is -2.67. The summed E-state index contributed by atoms with van der Waals surface area (Å²) >= 11 is 6.42. The van der Waals surface area contributed by atoms with Crippen LogP contribution in [0.4, 0.5) is 0 Å². The number of nitrogens with zero attached hydrogens (tertiary/aromatic N) is 1. The first-order chi connectivity index (χ1) is 9.67. The van der Waals surface area contributed by atoms with Crippen molar-refractivity contribution in [2.45, 2.75) is 68.6 Å². The molecular weight excluding hydrogens is 278 g/mol. The van der Waals surface area contributed by atoms with E-state index in [9.17, 15) is 0 Å². The number of alkyl halides is 1. The zero-order chi connectivity index (χ0) is 14.1. The zero-order valence-electron chi connectivity index (χ0n) is 12.2. The second-order valence-electron chi connectivity index (χ2n) is 6.13. The second kappa shape index (κ2) is 6.44. The van der Waals surface area contributed by atoms with Crippen molar-refractivity contribution >= 4 is 11.6 Å². The van der Waals surface area contributed by atoms with Crippen molar-refractivity contribution in [2.75, 3.05) is 13.8 Å². The van der Waals surface area contributed by atoms with Crippen LogP contribution in [-0.4, -0.2) is 54.8 Å². The van der Waals surface area contributed by atoms with Crippen molar-refractivity contribution in [1.29, 1.82) is 0 Å². The van der Waals surface area contributed by atoms with E-state index >= 15 is 0 Å². The van der Waals surface area contributed by atoms with Gasteiger partial charge in [-0.1, -0.05) is 0 Å². The van der Waals surface area contributed by atoms with Crippen LogP contribution in [0.3, 0.4) is 0 Å². The summed E-state index contributed by atoms with van der Waals surface area (Å²) in [5.41, 5.74) is 3.39. The molecule has 3 rings (SSSR count). The van der Waals surface area contributed by atoms with E-state index in [4.69, 9.17) is 16.3 Å². The third-order valence-corrected chi connectivity index (χ3v) is 5.09. The SMILES string of the molecule is COC1CCC(NC2CC(C)NC3NCNN23)CC1Cl. The van der Waals surface area contributed by atoms with E-state index in [1.54, 1.807) is 7.11 Å². The van der Waals surface area contributed by atoms with Gasteiger partial charge >= 0.3 is 0 Å². The van der Waals surface area contributed by atoms with Gasteiger partial charge in [-0.2, -0.15) is 5.01 Å². The number of rotatable bonds is 3. The Hall–Kier alpha value is 0.0500. The molecule has 0 aromatic heterocycles. The van der Waals surface area contributed by atoms with Crippen molar-refractivity contribution in [3.63, 3.8) is 0 Å². The number of fused-ring (bicyclic) bond motifs is 1. The van der Waals surface area contributed by atoms with Gasteiger partial charge in [0.2, 0.25) is 0 Å². The minimum absolute atomic E-state index is 0.117. The third kappa shape index (κ3) is 3.11. The highest BCUT2D eigenvalue weighted by Gasteiger charge is 2.38. The zero-order valence-corrected chi connectivity index (χ0v) is 13.0. The van der Waals surface area contributed by atoms with Gasteiger partial charge in [0.25, 0.3) is 0 Å². The minimum Gasteiger partial charge on any atom is -0.380 e. The third-order valence-electron chi connectivity index (χ3n) is 4.63. The molecule has 6 nitrogen and oxygen atoms in total. The topological polar surface area (TPSA) is 60.6 Å². The first kappa shape index (κ1) is 15.0. The monoisotopic (exact) mass is 303 g/mol. The van der Waals surface area contributed by atoms with Crippen LogP contribution >= 0.6 is 11.6 Å². The quantitative estimate of drug-likeness (QED) is 0.555. The van der Waals surface area contributed by atoms with Gasteiger partial charge in [0, 0.05) is 19.2 Å². The lowest BCUT2D eigenvalue weighted by atomic mass is 9.92. The lowest BCUT2D eigenvalue weighted by molar-refractivity contribution is 0.00458. The van der Waals surface area contributed by atoms with Crippen LogP contribution in [0.1, 0.15) is 32.6 Å². The molecular formula is C13H26ClN5O. The smallest absolute Gasteiger partial charge is 0.130 e. The van der Waals surface area contributed by atoms with E-state index in [1.165, 1.54) is 0 Å². The normalized spacial score (nSPS) is 46.4. The van der Waals surface area contributed by atoms with Crippen molar-refractivity contribution in [3.05, 3.63) is 0 Å². The Bertz CT molecular complexity index is 334. The maximum Gasteiger partial charge on any atom is 0.130 e. The molecule has 3 aliphatic rings. The molecule has 20 heavy (non-hydrogen) atoms. The van der Waals surface area contributed by atoms with Crippen LogP contribution in [0.2, 0.25) is 0 Å². The van der Waals surface area contributed by atoms with Crippen molar-refractivity contribution in [1.82, 2.24) is 26.4 Å². The number of hydrogen-bond acceptors (Lipinski definition) is 6. The lowest BCUT2D eigenvalue weighted by Gasteiger charge is -2.43. The number of nitrogens with one attached hydrogen (secondary N) is 4. The molecule has 1 saturated carbocycles. The highest BCUT2D eigenvalue weighted by molar-refractivity contribution is 6.21. The molecule has 6 atom stereocenters. The fourth-order valence-corrected chi connectivity index (χ4v) is 4.01. The number of methoxy groups -OCH3 is 1. The molecule has 0 radical (unpaired) electrons. The Morgan fingerprint density at radius 2 is 2.15 bits per heavy atom. The molecule has 0 aromatic rings. The van der Waals surface area contributed by atoms with Crippen molar-refractivity contribution in [3.8, 4) is 0 Å². The van der Waals surface area contributed by atoms with Crippen LogP contribution in [0.5, 0.6) is 0 Å². The number of hydrogen-bond donors (Lipinski definition) is 4. The first-order valence-corrected chi connectivity index (χ1v) is 8.05. The molecule has 0 spiro atoms. The Kier molecular flexibility index (Phi) is 4.82. The van der Waals surface area contributed by atoms with Gasteiger partial charge in [0.05, 0.1) is 24.3 Å². The van der Waals surface area contributed by atoms with Gasteiger partial charge in [-0.25, -0.2) is 5.43 Å². The fraction of sp³-hybridized carbons (Fsp3) is 1.00. The molecule has 2 aliphatic heterocycles. The van der Waals surface area contributed by atoms with E-state index in [1.807, 2.05) is 0 Å². The minimum atomic E-state index is 0.117. The fourth-order valence-electron chi connectivity index (χ4n) is 3.56. The molecule has 2 saturated heterocycles. The molecule has 0 amide bonds. The summed E-state index contributed by atoms with van der Waals surface area (Å²) in [5.74, 6) is 0. The highest BCUT2D eigenvalue weighted by Crippen LogP contribution is 2.27. The van der Waals surface area contributed by atoms with E-state index in [0.717, 1.165) is 32.4 Å². The molecule has 116 valence electrons. The summed E-state index contributed by atoms with van der Waals surface area (Å²) < 4.78 is 5.43. The molecule has 1 aliphatic carbocycles. The van der Waals surface area contributed by atoms with Gasteiger partial charge in [-0.15, -0.1) is 11.6 Å². The second-order valence-corrected chi connectivity index (χ2v) is 6.70. The average molecular weight is 304 g/mol. The van der Waals surface area contributed by atoms with Crippen LogP contribution in [0.25, 0.3) is 0 Å². The Morgan fingerprint density at radius 3 is 2.90 bits per heavy atom. The average Bonchev–Trinajstić information content (AvgIpc) is 2.87. The van der Waals surface area contributed by atoms with Crippen LogP contribution in [0.15, 0.2) is 0 Å². The maximum absolute atomic E-state index is 6.42. The Morgan fingerprint density at radius 1 is 1.30 bits per heavy atom. The Balaban J connectivity index is 1.57. The highest BCUT2D eigenvalue weighted by atomic mass is 35.5. The summed E-state index contributed by atoms with van der Waals surface area (Å²) in [5, 5.41) is 13.1. The van der Waals surface area contributed by atoms with E-state index in [2.05, 4.69) is 33.3 Å². The van der Waals surface area contributed by atoms with Gasteiger partial charge in [0.15, 0.2) is 0 Å². The molecule has 3 fully saturated rings. The number of ether oxygens (including phenoxy) is 1. The molecule has 7 heteroatoms. The summed E-state index contributed by atoms with van der Waals surface area (Å²) in [4.78, 5) is 0. The molecule has 4 N–H and O–H groups in total. The molecule has 0 aromatic carbocycles. The molecule has 6 unspecified atom stereocenters. The van der Waals surface area contributed by atoms with Gasteiger partial charge in [-0.05, 0) is 32.6 Å². The summed E-state index contributed by atoms with van der Waals surface area (Å²) in [6.45, 7) is 3.05. The predicted molar refractivity (Wildman–Crippen MR) is 79.0 cm³/mol. The summed E-state index contributed by atoms with van der Waals surface area (Å²) in [6, 6.07) is 0.977. The van der Waals surface area contributed by atoms with E-state index in [-0.39, 0.29) is 17.8 Å². The standard InChI is InChI=1S/C13H26ClN5O/c1-8-5-12(19-13(17-8)15-7-16-19)18-9-3-4-11(20-2)10(14)6-9/h8-13,15-18H,3-7H2,1-2H3. The maximum atomic E-state index is 6.42. The van der Waals surface area contributed by atoms with Crippen LogP contribution < -0.4 is 21.4 Å². The largest absolute Gasteiger partial charge is 0.380 e. The number of hydrazine groups is 1. The predicted octanol–water partition coefficient (Wildman–Crippen LogP) is 0.110. The number of halogens is 1. The van der Waals surface area contributed by atoms with Crippen molar-refractivity contribution in [2.24, 2.45) is 0 Å². The summed E-state index contributed by atoms with van der Waals surface area (Å²) in [6.07, 6.45) is 5.01. The van der Waals surface area contributed by atoms with E-state index in [0.29, 0.717) is 18.2 Å². The summed E-state index contributed by atoms with van der Waals surface area (Å²) in [7, 11) is 1.76. The Labute approximate surface area is 125 Å². The molecule has 0 bridgehead atoms. The van der Waals surface area contributed by atoms with Gasteiger partial charge < -0.3 is 4.74 Å². The van der Waals surface area contributed by atoms with Crippen molar-refractivity contribution < 1.29 is 4.74 Å². The molecule has 2 heterocycles. The van der Waals surface area contributed by atoms with E-state index < -0.39 is 0 Å².